The van der Waals surface area contributed by atoms with Crippen LogP contribution in [0.2, 0.25) is 0 Å². The molecule has 1 fully saturated rings. The third-order valence-corrected chi connectivity index (χ3v) is 3.78. The molecule has 2 rings (SSSR count). The molecular formula is C16H18F3N3O4. The highest BCUT2D eigenvalue weighted by Crippen LogP contribution is 2.19. The lowest BCUT2D eigenvalue weighted by Crippen LogP contribution is -2.51. The summed E-state index contributed by atoms with van der Waals surface area (Å²) in [5, 5.41) is 2.04. The molecule has 1 N–H and O–H groups in total. The molecule has 0 spiro atoms. The van der Waals surface area contributed by atoms with Crippen molar-refractivity contribution < 1.29 is 32.3 Å². The van der Waals surface area contributed by atoms with Crippen LogP contribution in [0.4, 0.5) is 23.7 Å². The van der Waals surface area contributed by atoms with Gasteiger partial charge in [-0.3, -0.25) is 9.59 Å². The second kappa shape index (κ2) is 8.54. The minimum absolute atomic E-state index is 0.227. The van der Waals surface area contributed by atoms with Crippen molar-refractivity contribution in [3.63, 3.8) is 0 Å². The van der Waals surface area contributed by atoms with E-state index in [1.54, 1.807) is 6.92 Å². The van der Waals surface area contributed by atoms with E-state index in [1.165, 1.54) is 9.80 Å². The molecule has 0 atom stereocenters. The predicted octanol–water partition coefficient (Wildman–Crippen LogP) is 1.73. The van der Waals surface area contributed by atoms with Crippen LogP contribution < -0.4 is 5.32 Å². The fourth-order valence-electron chi connectivity index (χ4n) is 2.42. The second-order valence-electron chi connectivity index (χ2n) is 5.51. The molecule has 1 aliphatic rings. The van der Waals surface area contributed by atoms with Gasteiger partial charge in [0, 0.05) is 26.2 Å². The van der Waals surface area contributed by atoms with Crippen LogP contribution in [0.3, 0.4) is 0 Å². The summed E-state index contributed by atoms with van der Waals surface area (Å²) in [5.74, 6) is -5.99. The van der Waals surface area contributed by atoms with Crippen molar-refractivity contribution in [2.75, 3.05) is 38.1 Å². The lowest BCUT2D eigenvalue weighted by atomic mass is 10.2. The van der Waals surface area contributed by atoms with Crippen LogP contribution >= 0.6 is 0 Å². The fraction of sp³-hybridized carbons (Fsp3) is 0.438. The number of amides is 3. The van der Waals surface area contributed by atoms with Gasteiger partial charge in [-0.25, -0.2) is 18.0 Å². The smallest absolute Gasteiger partial charge is 0.409 e. The number of nitrogens with zero attached hydrogens (tertiary/aromatic N) is 2. The standard InChI is InChI=1S/C16H18F3N3O4/c1-2-26-16(25)22-7-5-21(6-8-22)13(24)9-12(23)20-11-4-3-10(17)14(18)15(11)19/h3-4H,2,5-9H2,1H3,(H,20,23). The average Bonchev–Trinajstić information content (AvgIpc) is 2.62. The number of carbonyl (C=O) groups excluding carboxylic acids is 3. The number of nitrogens with one attached hydrogen (secondary N) is 1. The van der Waals surface area contributed by atoms with Gasteiger partial charge >= 0.3 is 6.09 Å². The zero-order valence-electron chi connectivity index (χ0n) is 14.1. The number of anilines is 1. The van der Waals surface area contributed by atoms with Crippen LogP contribution in [-0.2, 0) is 14.3 Å². The number of piperazine rings is 1. The Labute approximate surface area is 147 Å². The maximum Gasteiger partial charge on any atom is 0.409 e. The van der Waals surface area contributed by atoms with Crippen LogP contribution in [0.1, 0.15) is 13.3 Å². The first-order chi connectivity index (χ1) is 12.3. The van der Waals surface area contributed by atoms with Gasteiger partial charge in [0.2, 0.25) is 11.8 Å². The Morgan fingerprint density at radius 3 is 2.27 bits per heavy atom. The van der Waals surface area contributed by atoms with Crippen LogP contribution in [0, 0.1) is 17.5 Å². The Balaban J connectivity index is 1.86. The largest absolute Gasteiger partial charge is 0.450 e. The zero-order valence-corrected chi connectivity index (χ0v) is 14.1. The van der Waals surface area contributed by atoms with Gasteiger partial charge in [-0.2, -0.15) is 0 Å². The summed E-state index contributed by atoms with van der Waals surface area (Å²) in [4.78, 5) is 38.4. The van der Waals surface area contributed by atoms with E-state index in [-0.39, 0.29) is 32.8 Å². The van der Waals surface area contributed by atoms with E-state index in [0.29, 0.717) is 6.07 Å². The van der Waals surface area contributed by atoms with E-state index >= 15 is 0 Å². The molecule has 0 saturated carbocycles. The minimum atomic E-state index is -1.70. The van der Waals surface area contributed by atoms with E-state index in [2.05, 4.69) is 0 Å². The zero-order chi connectivity index (χ0) is 19.3. The molecule has 0 radical (unpaired) electrons. The molecule has 10 heteroatoms. The van der Waals surface area contributed by atoms with E-state index < -0.39 is 47.5 Å². The third-order valence-electron chi connectivity index (χ3n) is 3.78. The first kappa shape index (κ1) is 19.5. The summed E-state index contributed by atoms with van der Waals surface area (Å²) in [7, 11) is 0. The lowest BCUT2D eigenvalue weighted by Gasteiger charge is -2.34. The van der Waals surface area contributed by atoms with Gasteiger partial charge in [0.05, 0.1) is 12.3 Å². The van der Waals surface area contributed by atoms with Gasteiger partial charge in [0.15, 0.2) is 17.5 Å². The molecule has 3 amide bonds. The summed E-state index contributed by atoms with van der Waals surface area (Å²) in [6.45, 7) is 2.92. The molecule has 0 aromatic heterocycles. The molecule has 7 nitrogen and oxygen atoms in total. The number of hydrogen-bond donors (Lipinski definition) is 1. The molecule has 0 bridgehead atoms. The topological polar surface area (TPSA) is 79.0 Å². The Kier molecular flexibility index (Phi) is 6.42. The monoisotopic (exact) mass is 373 g/mol. The summed E-state index contributed by atoms with van der Waals surface area (Å²) < 4.78 is 44.4. The quantitative estimate of drug-likeness (QED) is 0.644. The maximum atomic E-state index is 13.5. The molecule has 1 aliphatic heterocycles. The molecule has 1 aromatic carbocycles. The number of rotatable bonds is 4. The van der Waals surface area contributed by atoms with Crippen molar-refractivity contribution >= 4 is 23.6 Å². The van der Waals surface area contributed by atoms with Gasteiger partial charge in [-0.1, -0.05) is 0 Å². The number of ether oxygens (including phenoxy) is 1. The summed E-state index contributed by atoms with van der Waals surface area (Å²) in [6, 6.07) is 1.54. The highest BCUT2D eigenvalue weighted by Gasteiger charge is 2.26. The minimum Gasteiger partial charge on any atom is -0.450 e. The maximum absolute atomic E-state index is 13.5. The highest BCUT2D eigenvalue weighted by atomic mass is 19.2. The molecule has 142 valence electrons. The Hall–Kier alpha value is -2.78. The average molecular weight is 373 g/mol. The highest BCUT2D eigenvalue weighted by molar-refractivity contribution is 6.03. The van der Waals surface area contributed by atoms with Gasteiger partial charge in [0.25, 0.3) is 0 Å². The van der Waals surface area contributed by atoms with Crippen molar-refractivity contribution in [3.05, 3.63) is 29.6 Å². The number of benzene rings is 1. The van der Waals surface area contributed by atoms with Gasteiger partial charge < -0.3 is 19.9 Å². The SMILES string of the molecule is CCOC(=O)N1CCN(C(=O)CC(=O)Nc2ccc(F)c(F)c2F)CC1. The predicted molar refractivity (Wildman–Crippen MR) is 84.7 cm³/mol. The molecule has 0 aliphatic carbocycles. The van der Waals surface area contributed by atoms with Crippen molar-refractivity contribution in [3.8, 4) is 0 Å². The van der Waals surface area contributed by atoms with Gasteiger partial charge in [-0.05, 0) is 19.1 Å². The normalized spacial score (nSPS) is 14.2. The molecule has 1 aromatic rings. The molecule has 1 saturated heterocycles. The first-order valence-electron chi connectivity index (χ1n) is 7.96. The summed E-state index contributed by atoms with van der Waals surface area (Å²) in [5.41, 5.74) is -0.547. The van der Waals surface area contributed by atoms with Crippen molar-refractivity contribution in [2.45, 2.75) is 13.3 Å². The second-order valence-corrected chi connectivity index (χ2v) is 5.51. The first-order valence-corrected chi connectivity index (χ1v) is 7.96. The van der Waals surface area contributed by atoms with E-state index in [0.717, 1.165) is 6.07 Å². The molecule has 26 heavy (non-hydrogen) atoms. The summed E-state index contributed by atoms with van der Waals surface area (Å²) in [6.07, 6.45) is -1.05. The third kappa shape index (κ3) is 4.64. The van der Waals surface area contributed by atoms with Crippen LogP contribution in [-0.4, -0.2) is 60.5 Å². The Morgan fingerprint density at radius 2 is 1.65 bits per heavy atom. The van der Waals surface area contributed by atoms with Gasteiger partial charge in [0.1, 0.15) is 6.42 Å². The molecular weight excluding hydrogens is 355 g/mol. The van der Waals surface area contributed by atoms with E-state index in [1.807, 2.05) is 5.32 Å². The van der Waals surface area contributed by atoms with Crippen LogP contribution in [0.15, 0.2) is 12.1 Å². The van der Waals surface area contributed by atoms with Crippen molar-refractivity contribution in [1.29, 1.82) is 0 Å². The van der Waals surface area contributed by atoms with Gasteiger partial charge in [-0.15, -0.1) is 0 Å². The van der Waals surface area contributed by atoms with E-state index in [4.69, 9.17) is 4.74 Å². The van der Waals surface area contributed by atoms with Crippen LogP contribution in [0.5, 0.6) is 0 Å². The number of carbonyl (C=O) groups is 3. The summed E-state index contributed by atoms with van der Waals surface area (Å²) >= 11 is 0. The van der Waals surface area contributed by atoms with E-state index in [9.17, 15) is 27.6 Å². The molecule has 0 unspecified atom stereocenters. The fourth-order valence-corrected chi connectivity index (χ4v) is 2.42. The van der Waals surface area contributed by atoms with Crippen molar-refractivity contribution in [1.82, 2.24) is 9.80 Å². The number of halogens is 3. The Bertz CT molecular complexity index is 706. The van der Waals surface area contributed by atoms with Crippen LogP contribution in [0.25, 0.3) is 0 Å². The molecule has 1 heterocycles. The number of hydrogen-bond acceptors (Lipinski definition) is 4. The van der Waals surface area contributed by atoms with Crippen molar-refractivity contribution in [2.24, 2.45) is 0 Å². The Morgan fingerprint density at radius 1 is 1.04 bits per heavy atom. The lowest BCUT2D eigenvalue weighted by molar-refractivity contribution is -0.135.